The third-order valence-corrected chi connectivity index (χ3v) is 5.75. The van der Waals surface area contributed by atoms with Crippen LogP contribution in [0.5, 0.6) is 0 Å². The number of nitrogens with one attached hydrogen (secondary N) is 1. The molecule has 150 valence electrons. The summed E-state index contributed by atoms with van der Waals surface area (Å²) >= 11 is 0. The molecule has 0 spiro atoms. The highest BCUT2D eigenvalue weighted by atomic mass is 16.2. The SMILES string of the molecule is O=C(Cn1nc2n(c1=O)CCCCC2)NC(CN1CCCC1)c1ccccc1. The molecule has 1 amide bonds. The number of hydrogen-bond acceptors (Lipinski definition) is 4. The fourth-order valence-electron chi connectivity index (χ4n) is 4.25. The molecule has 1 atom stereocenters. The molecule has 1 aromatic heterocycles. The topological polar surface area (TPSA) is 72.2 Å². The van der Waals surface area contributed by atoms with Crippen molar-refractivity contribution < 1.29 is 4.79 Å². The number of hydrogen-bond donors (Lipinski definition) is 1. The molecule has 3 heterocycles. The van der Waals surface area contributed by atoms with E-state index in [1.165, 1.54) is 17.5 Å². The summed E-state index contributed by atoms with van der Waals surface area (Å²) in [5.74, 6) is 0.649. The van der Waals surface area contributed by atoms with Crippen LogP contribution in [0, 0.1) is 0 Å². The second kappa shape index (κ2) is 8.73. The summed E-state index contributed by atoms with van der Waals surface area (Å²) in [4.78, 5) is 27.8. The maximum absolute atomic E-state index is 12.8. The third kappa shape index (κ3) is 4.35. The highest BCUT2D eigenvalue weighted by Gasteiger charge is 2.22. The van der Waals surface area contributed by atoms with Gasteiger partial charge in [0, 0.05) is 19.5 Å². The molecule has 1 N–H and O–H groups in total. The van der Waals surface area contributed by atoms with Gasteiger partial charge in [-0.1, -0.05) is 36.8 Å². The van der Waals surface area contributed by atoms with Crippen molar-refractivity contribution in [2.45, 2.75) is 57.7 Å². The van der Waals surface area contributed by atoms with Gasteiger partial charge in [0.05, 0.1) is 6.04 Å². The van der Waals surface area contributed by atoms with Crippen LogP contribution in [-0.2, 0) is 24.3 Å². The molecular formula is C21H29N5O2. The number of carbonyl (C=O) groups excluding carboxylic acids is 1. The van der Waals surface area contributed by atoms with Gasteiger partial charge in [-0.2, -0.15) is 5.10 Å². The minimum atomic E-state index is -0.164. The smallest absolute Gasteiger partial charge is 0.346 e. The number of carbonyl (C=O) groups is 1. The second-order valence-corrected chi connectivity index (χ2v) is 7.86. The van der Waals surface area contributed by atoms with Crippen molar-refractivity contribution in [1.29, 1.82) is 0 Å². The molecule has 2 aromatic rings. The fourth-order valence-corrected chi connectivity index (χ4v) is 4.25. The summed E-state index contributed by atoms with van der Waals surface area (Å²) in [5, 5.41) is 7.57. The molecule has 0 aliphatic carbocycles. The van der Waals surface area contributed by atoms with Crippen molar-refractivity contribution >= 4 is 5.91 Å². The molecule has 7 nitrogen and oxygen atoms in total. The fraction of sp³-hybridized carbons (Fsp3) is 0.571. The Bertz CT molecular complexity index is 851. The Labute approximate surface area is 165 Å². The largest absolute Gasteiger partial charge is 0.346 e. The summed E-state index contributed by atoms with van der Waals surface area (Å²) in [6.45, 7) is 3.63. The monoisotopic (exact) mass is 383 g/mol. The van der Waals surface area contributed by atoms with Gasteiger partial charge in [0.25, 0.3) is 0 Å². The molecule has 1 saturated heterocycles. The van der Waals surface area contributed by atoms with E-state index in [1.54, 1.807) is 4.57 Å². The van der Waals surface area contributed by atoms with E-state index >= 15 is 0 Å². The molecule has 7 heteroatoms. The summed E-state index contributed by atoms with van der Waals surface area (Å²) in [6.07, 6.45) is 6.41. The average molecular weight is 383 g/mol. The molecule has 0 radical (unpaired) electrons. The number of likely N-dealkylation sites (tertiary alicyclic amines) is 1. The summed E-state index contributed by atoms with van der Waals surface area (Å²) in [6, 6.07) is 9.99. The molecule has 2 aliphatic heterocycles. The first-order valence-corrected chi connectivity index (χ1v) is 10.4. The lowest BCUT2D eigenvalue weighted by Crippen LogP contribution is -2.40. The quantitative estimate of drug-likeness (QED) is 0.825. The van der Waals surface area contributed by atoms with Gasteiger partial charge in [-0.3, -0.25) is 9.36 Å². The van der Waals surface area contributed by atoms with Crippen LogP contribution in [0.3, 0.4) is 0 Å². The Morgan fingerprint density at radius 1 is 1.04 bits per heavy atom. The predicted octanol–water partition coefficient (Wildman–Crippen LogP) is 1.72. The molecule has 0 bridgehead atoms. The van der Waals surface area contributed by atoms with E-state index in [-0.39, 0.29) is 24.2 Å². The van der Waals surface area contributed by atoms with Gasteiger partial charge in [0.15, 0.2) is 0 Å². The first-order valence-electron chi connectivity index (χ1n) is 10.4. The molecular weight excluding hydrogens is 354 g/mol. The van der Waals surface area contributed by atoms with E-state index in [2.05, 4.69) is 15.3 Å². The van der Waals surface area contributed by atoms with Crippen LogP contribution < -0.4 is 11.0 Å². The van der Waals surface area contributed by atoms with Crippen LogP contribution in [0.4, 0.5) is 0 Å². The Hall–Kier alpha value is -2.41. The van der Waals surface area contributed by atoms with Crippen LogP contribution in [0.25, 0.3) is 0 Å². The number of rotatable bonds is 6. The van der Waals surface area contributed by atoms with Crippen LogP contribution in [-0.4, -0.2) is 44.8 Å². The molecule has 1 aromatic carbocycles. The zero-order chi connectivity index (χ0) is 19.3. The van der Waals surface area contributed by atoms with E-state index in [9.17, 15) is 9.59 Å². The van der Waals surface area contributed by atoms with Crippen LogP contribution in [0.15, 0.2) is 35.1 Å². The number of aromatic nitrogens is 3. The number of amides is 1. The van der Waals surface area contributed by atoms with Crippen molar-refractivity contribution in [3.8, 4) is 0 Å². The van der Waals surface area contributed by atoms with Gasteiger partial charge in [-0.15, -0.1) is 0 Å². The Kier molecular flexibility index (Phi) is 5.90. The number of benzene rings is 1. The Morgan fingerprint density at radius 3 is 2.57 bits per heavy atom. The third-order valence-electron chi connectivity index (χ3n) is 5.75. The molecule has 2 aliphatic rings. The number of aryl methyl sites for hydroxylation is 1. The number of fused-ring (bicyclic) bond motifs is 1. The van der Waals surface area contributed by atoms with Crippen molar-refractivity contribution in [2.24, 2.45) is 0 Å². The van der Waals surface area contributed by atoms with Gasteiger partial charge in [-0.25, -0.2) is 9.48 Å². The summed E-state index contributed by atoms with van der Waals surface area (Å²) in [5.41, 5.74) is 0.929. The van der Waals surface area contributed by atoms with E-state index in [4.69, 9.17) is 0 Å². The Morgan fingerprint density at radius 2 is 1.79 bits per heavy atom. The van der Waals surface area contributed by atoms with Crippen LogP contribution in [0.1, 0.15) is 49.5 Å². The molecule has 0 saturated carbocycles. The first kappa shape index (κ1) is 18.9. The van der Waals surface area contributed by atoms with Crippen molar-refractivity contribution in [3.05, 3.63) is 52.2 Å². The average Bonchev–Trinajstić information content (AvgIpc) is 3.24. The summed E-state index contributed by atoms with van der Waals surface area (Å²) < 4.78 is 3.06. The van der Waals surface area contributed by atoms with E-state index in [1.807, 2.05) is 30.3 Å². The number of nitrogens with zero attached hydrogens (tertiary/aromatic N) is 4. The van der Waals surface area contributed by atoms with Crippen LogP contribution in [0.2, 0.25) is 0 Å². The standard InChI is InChI=1S/C21H29N5O2/c27-20(16-26-21(28)25-14-6-2-5-11-19(25)23-26)22-18(15-24-12-7-8-13-24)17-9-3-1-4-10-17/h1,3-4,9-10,18H,2,5-8,11-16H2,(H,22,27). The maximum Gasteiger partial charge on any atom is 0.346 e. The maximum atomic E-state index is 12.8. The predicted molar refractivity (Wildman–Crippen MR) is 107 cm³/mol. The van der Waals surface area contributed by atoms with Gasteiger partial charge >= 0.3 is 5.69 Å². The first-order chi connectivity index (χ1) is 13.7. The zero-order valence-electron chi connectivity index (χ0n) is 16.3. The highest BCUT2D eigenvalue weighted by molar-refractivity contribution is 5.76. The van der Waals surface area contributed by atoms with Gasteiger partial charge in [0.1, 0.15) is 12.4 Å². The minimum Gasteiger partial charge on any atom is -0.346 e. The summed E-state index contributed by atoms with van der Waals surface area (Å²) in [7, 11) is 0. The van der Waals surface area contributed by atoms with E-state index < -0.39 is 0 Å². The van der Waals surface area contributed by atoms with Crippen molar-refractivity contribution in [3.63, 3.8) is 0 Å². The van der Waals surface area contributed by atoms with Crippen molar-refractivity contribution in [2.75, 3.05) is 19.6 Å². The lowest BCUT2D eigenvalue weighted by Gasteiger charge is -2.25. The van der Waals surface area contributed by atoms with Gasteiger partial charge in [0.2, 0.25) is 5.91 Å². The lowest BCUT2D eigenvalue weighted by molar-refractivity contribution is -0.122. The minimum absolute atomic E-state index is 0.0256. The van der Waals surface area contributed by atoms with E-state index in [0.717, 1.165) is 56.7 Å². The molecule has 1 unspecified atom stereocenters. The van der Waals surface area contributed by atoms with Crippen LogP contribution >= 0.6 is 0 Å². The zero-order valence-corrected chi connectivity index (χ0v) is 16.3. The second-order valence-electron chi connectivity index (χ2n) is 7.86. The molecule has 4 rings (SSSR count). The van der Waals surface area contributed by atoms with Gasteiger partial charge in [-0.05, 0) is 44.3 Å². The lowest BCUT2D eigenvalue weighted by atomic mass is 10.1. The highest BCUT2D eigenvalue weighted by Crippen LogP contribution is 2.18. The molecule has 1 fully saturated rings. The molecule has 28 heavy (non-hydrogen) atoms. The Balaban J connectivity index is 1.46. The van der Waals surface area contributed by atoms with Crippen molar-refractivity contribution in [1.82, 2.24) is 24.6 Å². The van der Waals surface area contributed by atoms with Gasteiger partial charge < -0.3 is 10.2 Å². The normalized spacial score (nSPS) is 18.4. The van der Waals surface area contributed by atoms with E-state index in [0.29, 0.717) is 6.54 Å².